The summed E-state index contributed by atoms with van der Waals surface area (Å²) in [5, 5.41) is 7.07. The second-order valence-corrected chi connectivity index (χ2v) is 7.06. The molecule has 1 N–H and O–H groups in total. The monoisotopic (exact) mass is 381 g/mol. The number of amides is 1. The first-order chi connectivity index (χ1) is 13.5. The summed E-state index contributed by atoms with van der Waals surface area (Å²) in [6.07, 6.45) is 0.996. The van der Waals surface area contributed by atoms with Crippen LogP contribution in [0.4, 0.5) is 4.39 Å². The van der Waals surface area contributed by atoms with E-state index in [-0.39, 0.29) is 30.1 Å². The number of aromatic nitrogens is 2. The zero-order chi connectivity index (χ0) is 20.1. The third-order valence-corrected chi connectivity index (χ3v) is 4.82. The Bertz CT molecular complexity index is 920. The highest BCUT2D eigenvalue weighted by atomic mass is 19.1. The summed E-state index contributed by atoms with van der Waals surface area (Å²) in [5.74, 6) is 0.500. The Balaban J connectivity index is 1.75. The molecule has 0 aliphatic heterocycles. The van der Waals surface area contributed by atoms with Crippen molar-refractivity contribution >= 4 is 5.91 Å². The van der Waals surface area contributed by atoms with Crippen LogP contribution < -0.4 is 5.32 Å². The number of nitrogens with zero attached hydrogens (tertiary/aromatic N) is 2. The Kier molecular flexibility index (Phi) is 6.19. The van der Waals surface area contributed by atoms with E-state index in [4.69, 9.17) is 4.52 Å². The van der Waals surface area contributed by atoms with E-state index in [9.17, 15) is 9.18 Å². The fraction of sp³-hybridized carbons (Fsp3) is 0.318. The summed E-state index contributed by atoms with van der Waals surface area (Å²) in [6.45, 7) is 6.08. The van der Waals surface area contributed by atoms with E-state index < -0.39 is 0 Å². The Morgan fingerprint density at radius 1 is 1.14 bits per heavy atom. The van der Waals surface area contributed by atoms with Gasteiger partial charge in [0.2, 0.25) is 17.6 Å². The third-order valence-electron chi connectivity index (χ3n) is 4.82. The molecule has 0 saturated heterocycles. The van der Waals surface area contributed by atoms with E-state index >= 15 is 0 Å². The highest BCUT2D eigenvalue weighted by Gasteiger charge is 2.26. The molecule has 2 atom stereocenters. The molecule has 0 spiro atoms. The maximum absolute atomic E-state index is 13.0. The molecule has 3 aromatic rings. The van der Waals surface area contributed by atoms with Crippen molar-refractivity contribution < 1.29 is 13.7 Å². The van der Waals surface area contributed by atoms with Crippen LogP contribution in [0.2, 0.25) is 0 Å². The number of carbonyl (C=O) groups is 1. The molecular weight excluding hydrogens is 357 g/mol. The molecular formula is C22H24FN3O2. The van der Waals surface area contributed by atoms with Crippen molar-refractivity contribution in [1.82, 2.24) is 15.5 Å². The highest BCUT2D eigenvalue weighted by molar-refractivity contribution is 5.79. The normalized spacial score (nSPS) is 13.1. The second kappa shape index (κ2) is 8.78. The fourth-order valence-electron chi connectivity index (χ4n) is 2.88. The lowest BCUT2D eigenvalue weighted by atomic mass is 9.98. The number of aryl methyl sites for hydroxylation is 1. The zero-order valence-electron chi connectivity index (χ0n) is 16.3. The number of hydrogen-bond donors (Lipinski definition) is 1. The van der Waals surface area contributed by atoms with Crippen molar-refractivity contribution in [2.75, 3.05) is 0 Å². The third kappa shape index (κ3) is 4.82. The standard InChI is InChI=1S/C22H24FN3O2/c1-4-15(3)20(24-19(27)13-16-7-11-18(23)12-8-16)22-25-21(26-28-22)17-9-5-14(2)6-10-17/h5-12,15,20H,4,13H2,1-3H3,(H,24,27)/t15-,20+/m1/s1. The fourth-order valence-corrected chi connectivity index (χ4v) is 2.88. The first-order valence-electron chi connectivity index (χ1n) is 9.40. The lowest BCUT2D eigenvalue weighted by Gasteiger charge is -2.20. The summed E-state index contributed by atoms with van der Waals surface area (Å²) in [5.41, 5.74) is 2.76. The van der Waals surface area contributed by atoms with Crippen LogP contribution in [0.5, 0.6) is 0 Å². The molecule has 5 nitrogen and oxygen atoms in total. The zero-order valence-corrected chi connectivity index (χ0v) is 16.3. The summed E-state index contributed by atoms with van der Waals surface area (Å²) in [7, 11) is 0. The van der Waals surface area contributed by atoms with Gasteiger partial charge in [0.15, 0.2) is 0 Å². The molecule has 28 heavy (non-hydrogen) atoms. The van der Waals surface area contributed by atoms with Crippen LogP contribution in [0, 0.1) is 18.7 Å². The van der Waals surface area contributed by atoms with Gasteiger partial charge in [-0.15, -0.1) is 0 Å². The number of rotatable bonds is 7. The number of hydrogen-bond acceptors (Lipinski definition) is 4. The van der Waals surface area contributed by atoms with Crippen LogP contribution in [0.25, 0.3) is 11.4 Å². The van der Waals surface area contributed by atoms with Gasteiger partial charge in [0.05, 0.1) is 6.42 Å². The van der Waals surface area contributed by atoms with Crippen LogP contribution in [0.15, 0.2) is 53.1 Å². The van der Waals surface area contributed by atoms with Gasteiger partial charge in [0.25, 0.3) is 0 Å². The molecule has 6 heteroatoms. The van der Waals surface area contributed by atoms with Gasteiger partial charge in [-0.25, -0.2) is 4.39 Å². The predicted molar refractivity (Wildman–Crippen MR) is 105 cm³/mol. The SMILES string of the molecule is CC[C@@H](C)[C@H](NC(=O)Cc1ccc(F)cc1)c1nc(-c2ccc(C)cc2)no1. The molecule has 3 rings (SSSR count). The molecule has 0 saturated carbocycles. The van der Waals surface area contributed by atoms with E-state index in [0.717, 1.165) is 23.1 Å². The van der Waals surface area contributed by atoms with Crippen LogP contribution >= 0.6 is 0 Å². The van der Waals surface area contributed by atoms with E-state index in [1.54, 1.807) is 12.1 Å². The van der Waals surface area contributed by atoms with Gasteiger partial charge in [0, 0.05) is 5.56 Å². The molecule has 0 fully saturated rings. The van der Waals surface area contributed by atoms with Crippen molar-refractivity contribution in [3.63, 3.8) is 0 Å². The van der Waals surface area contributed by atoms with Crippen molar-refractivity contribution in [2.24, 2.45) is 5.92 Å². The van der Waals surface area contributed by atoms with Crippen LogP contribution in [0.1, 0.15) is 43.3 Å². The molecule has 1 heterocycles. The lowest BCUT2D eigenvalue weighted by molar-refractivity contribution is -0.121. The number of benzene rings is 2. The number of halogens is 1. The van der Waals surface area contributed by atoms with Gasteiger partial charge in [0.1, 0.15) is 11.9 Å². The minimum atomic E-state index is -0.385. The first kappa shape index (κ1) is 19.7. The predicted octanol–water partition coefficient (Wildman–Crippen LogP) is 4.63. The minimum absolute atomic E-state index is 0.114. The average molecular weight is 381 g/mol. The van der Waals surface area contributed by atoms with Gasteiger partial charge in [-0.3, -0.25) is 4.79 Å². The molecule has 0 unspecified atom stereocenters. The largest absolute Gasteiger partial charge is 0.344 e. The number of carbonyl (C=O) groups excluding carboxylic acids is 1. The maximum Gasteiger partial charge on any atom is 0.249 e. The summed E-state index contributed by atoms with van der Waals surface area (Å²) in [6, 6.07) is 13.4. The first-order valence-corrected chi connectivity index (χ1v) is 9.40. The number of nitrogens with one attached hydrogen (secondary N) is 1. The van der Waals surface area contributed by atoms with Gasteiger partial charge < -0.3 is 9.84 Å². The smallest absolute Gasteiger partial charge is 0.249 e. The van der Waals surface area contributed by atoms with Crippen molar-refractivity contribution in [2.45, 2.75) is 39.7 Å². The maximum atomic E-state index is 13.0. The minimum Gasteiger partial charge on any atom is -0.344 e. The highest BCUT2D eigenvalue weighted by Crippen LogP contribution is 2.26. The molecule has 0 aliphatic rings. The average Bonchev–Trinajstić information content (AvgIpc) is 3.17. The summed E-state index contributed by atoms with van der Waals surface area (Å²) in [4.78, 5) is 17.0. The van der Waals surface area contributed by atoms with Crippen LogP contribution in [0.3, 0.4) is 0 Å². The van der Waals surface area contributed by atoms with Crippen LogP contribution in [-0.4, -0.2) is 16.0 Å². The molecule has 146 valence electrons. The van der Waals surface area contributed by atoms with Crippen LogP contribution in [-0.2, 0) is 11.2 Å². The van der Waals surface area contributed by atoms with E-state index in [0.29, 0.717) is 11.7 Å². The molecule has 0 radical (unpaired) electrons. The van der Waals surface area contributed by atoms with Crippen molar-refractivity contribution in [1.29, 1.82) is 0 Å². The summed E-state index contributed by atoms with van der Waals surface area (Å²) >= 11 is 0. The molecule has 1 amide bonds. The Morgan fingerprint density at radius 3 is 2.46 bits per heavy atom. The molecule has 0 bridgehead atoms. The van der Waals surface area contributed by atoms with E-state index in [1.165, 1.54) is 12.1 Å². The van der Waals surface area contributed by atoms with Gasteiger partial charge in [-0.1, -0.05) is 67.4 Å². The summed E-state index contributed by atoms with van der Waals surface area (Å²) < 4.78 is 18.5. The molecule has 0 aliphatic carbocycles. The second-order valence-electron chi connectivity index (χ2n) is 7.06. The van der Waals surface area contributed by atoms with Crippen molar-refractivity contribution in [3.8, 4) is 11.4 Å². The molecule has 2 aromatic carbocycles. The topological polar surface area (TPSA) is 68.0 Å². The lowest BCUT2D eigenvalue weighted by Crippen LogP contribution is -2.33. The van der Waals surface area contributed by atoms with E-state index in [2.05, 4.69) is 15.5 Å². The van der Waals surface area contributed by atoms with Gasteiger partial charge in [-0.2, -0.15) is 4.98 Å². The Labute approximate surface area is 164 Å². The Hall–Kier alpha value is -3.02. The quantitative estimate of drug-likeness (QED) is 0.648. The Morgan fingerprint density at radius 2 is 1.82 bits per heavy atom. The van der Waals surface area contributed by atoms with Gasteiger partial charge in [-0.05, 0) is 30.5 Å². The van der Waals surface area contributed by atoms with E-state index in [1.807, 2.05) is 45.0 Å². The van der Waals surface area contributed by atoms with Gasteiger partial charge >= 0.3 is 0 Å². The van der Waals surface area contributed by atoms with Crippen molar-refractivity contribution in [3.05, 3.63) is 71.4 Å². The molecule has 1 aromatic heterocycles.